The molecule has 1 N–H and O–H groups in total. The zero-order chi connectivity index (χ0) is 24.9. The quantitative estimate of drug-likeness (QED) is 0.563. The van der Waals surface area contributed by atoms with Gasteiger partial charge in [-0.25, -0.2) is 4.98 Å². The molecule has 0 spiro atoms. The van der Waals surface area contributed by atoms with Gasteiger partial charge in [0.2, 0.25) is 0 Å². The third-order valence-corrected chi connectivity index (χ3v) is 7.28. The summed E-state index contributed by atoms with van der Waals surface area (Å²) in [7, 11) is 2.04. The smallest absolute Gasteiger partial charge is 0.261 e. The Balaban J connectivity index is 1.33. The first-order valence-corrected chi connectivity index (χ1v) is 12.3. The number of imide groups is 1. The van der Waals surface area contributed by atoms with Crippen LogP contribution < -0.4 is 5.32 Å². The lowest BCUT2D eigenvalue weighted by Gasteiger charge is -2.32. The summed E-state index contributed by atoms with van der Waals surface area (Å²) in [6.45, 7) is 6.63. The third-order valence-electron chi connectivity index (χ3n) is 6.34. The Morgan fingerprint density at radius 1 is 0.943 bits per heavy atom. The van der Waals surface area contributed by atoms with E-state index in [0.717, 1.165) is 17.8 Å². The topological polar surface area (TPSA) is 103 Å². The molecule has 3 heterocycles. The molecule has 1 saturated heterocycles. The molecule has 0 saturated carbocycles. The fourth-order valence-corrected chi connectivity index (χ4v) is 5.24. The highest BCUT2D eigenvalue weighted by Crippen LogP contribution is 2.29. The molecule has 10 heteroatoms. The molecule has 0 atom stereocenters. The molecular formula is C25H25N5O4S. The fourth-order valence-electron chi connectivity index (χ4n) is 4.34. The van der Waals surface area contributed by atoms with E-state index in [0.29, 0.717) is 34.9 Å². The highest BCUT2D eigenvalue weighted by Gasteiger charge is 2.37. The van der Waals surface area contributed by atoms with Crippen molar-refractivity contribution >= 4 is 50.3 Å². The van der Waals surface area contributed by atoms with E-state index in [9.17, 15) is 19.2 Å². The fraction of sp³-hybridized carbons (Fsp3) is 0.320. The molecule has 2 aromatic carbocycles. The molecule has 2 aliphatic rings. The monoisotopic (exact) mass is 491 g/mol. The van der Waals surface area contributed by atoms with Crippen LogP contribution in [0.2, 0.25) is 0 Å². The zero-order valence-corrected chi connectivity index (χ0v) is 20.5. The van der Waals surface area contributed by atoms with Crippen LogP contribution in [-0.4, -0.2) is 82.6 Å². The molecule has 2 aliphatic heterocycles. The van der Waals surface area contributed by atoms with Crippen LogP contribution >= 0.6 is 11.3 Å². The van der Waals surface area contributed by atoms with Gasteiger partial charge in [-0.05, 0) is 57.3 Å². The van der Waals surface area contributed by atoms with Crippen LogP contribution in [0.1, 0.15) is 55.3 Å². The predicted molar refractivity (Wildman–Crippen MR) is 133 cm³/mol. The van der Waals surface area contributed by atoms with E-state index in [-0.39, 0.29) is 29.0 Å². The van der Waals surface area contributed by atoms with Gasteiger partial charge < -0.3 is 9.80 Å². The number of aromatic nitrogens is 1. The molecule has 35 heavy (non-hydrogen) atoms. The van der Waals surface area contributed by atoms with Crippen molar-refractivity contribution in [2.75, 3.05) is 38.5 Å². The van der Waals surface area contributed by atoms with Crippen molar-refractivity contribution < 1.29 is 19.2 Å². The third kappa shape index (κ3) is 4.19. The molecule has 0 aliphatic carbocycles. The first-order chi connectivity index (χ1) is 16.7. The number of nitrogens with zero attached hydrogens (tertiary/aromatic N) is 4. The normalized spacial score (nSPS) is 16.3. The lowest BCUT2D eigenvalue weighted by atomic mass is 10.1. The number of carbonyl (C=O) groups excluding carboxylic acids is 4. The van der Waals surface area contributed by atoms with Gasteiger partial charge >= 0.3 is 0 Å². The summed E-state index contributed by atoms with van der Waals surface area (Å²) in [5.41, 5.74) is 2.08. The number of likely N-dealkylation sites (N-methyl/N-ethyl adjacent to an activating group) is 1. The Morgan fingerprint density at radius 2 is 1.63 bits per heavy atom. The summed E-state index contributed by atoms with van der Waals surface area (Å²) in [4.78, 5) is 60.6. The van der Waals surface area contributed by atoms with Gasteiger partial charge in [0.25, 0.3) is 23.6 Å². The molecular weight excluding hydrogens is 466 g/mol. The van der Waals surface area contributed by atoms with Crippen molar-refractivity contribution in [3.8, 4) is 0 Å². The standard InChI is InChI=1S/C25H25N5O4S/c1-14(2)30-23(33)17-6-4-15(12-18(17)24(30)34)21(31)27-25-26-19-7-5-16(13-20(19)35-25)22(32)29-10-8-28(3)9-11-29/h4-7,12-14H,8-11H2,1-3H3,(H,26,27,31). The summed E-state index contributed by atoms with van der Waals surface area (Å²) in [6.07, 6.45) is 0. The molecule has 4 amide bonds. The first-order valence-electron chi connectivity index (χ1n) is 11.4. The van der Waals surface area contributed by atoms with Crippen LogP contribution in [0.15, 0.2) is 36.4 Å². The van der Waals surface area contributed by atoms with E-state index in [1.807, 2.05) is 18.0 Å². The van der Waals surface area contributed by atoms with Gasteiger partial charge in [0.15, 0.2) is 5.13 Å². The Hall–Kier alpha value is -3.63. The van der Waals surface area contributed by atoms with Crippen molar-refractivity contribution in [3.05, 3.63) is 58.7 Å². The summed E-state index contributed by atoms with van der Waals surface area (Å²) in [5.74, 6) is -1.18. The summed E-state index contributed by atoms with van der Waals surface area (Å²) in [5, 5.41) is 3.16. The summed E-state index contributed by atoms with van der Waals surface area (Å²) >= 11 is 1.28. The first kappa shape index (κ1) is 23.1. The van der Waals surface area contributed by atoms with Gasteiger partial charge in [-0.1, -0.05) is 11.3 Å². The van der Waals surface area contributed by atoms with Crippen LogP contribution in [0.25, 0.3) is 10.2 Å². The minimum Gasteiger partial charge on any atom is -0.336 e. The van der Waals surface area contributed by atoms with Gasteiger partial charge in [-0.3, -0.25) is 29.4 Å². The number of amides is 4. The number of nitrogens with one attached hydrogen (secondary N) is 1. The van der Waals surface area contributed by atoms with Crippen molar-refractivity contribution in [1.82, 2.24) is 19.7 Å². The van der Waals surface area contributed by atoms with Crippen molar-refractivity contribution in [1.29, 1.82) is 0 Å². The molecule has 0 bridgehead atoms. The number of carbonyl (C=O) groups is 4. The Morgan fingerprint density at radius 3 is 2.34 bits per heavy atom. The maximum Gasteiger partial charge on any atom is 0.261 e. The Kier molecular flexibility index (Phi) is 5.86. The Bertz CT molecular complexity index is 1370. The van der Waals surface area contributed by atoms with Gasteiger partial charge in [0.1, 0.15) is 0 Å². The second kappa shape index (κ2) is 8.86. The Labute approximate surface area is 206 Å². The SMILES string of the molecule is CC(C)N1C(=O)c2ccc(C(=O)Nc3nc4ccc(C(=O)N5CCN(C)CC5)cc4s3)cc2C1=O. The van der Waals surface area contributed by atoms with Crippen molar-refractivity contribution in [2.45, 2.75) is 19.9 Å². The van der Waals surface area contributed by atoms with Crippen LogP contribution in [0.4, 0.5) is 5.13 Å². The number of hydrogen-bond donors (Lipinski definition) is 1. The number of benzene rings is 2. The zero-order valence-electron chi connectivity index (χ0n) is 19.7. The molecule has 180 valence electrons. The minimum absolute atomic E-state index is 0.00761. The molecule has 0 unspecified atom stereocenters. The average molecular weight is 492 g/mol. The average Bonchev–Trinajstić information content (AvgIpc) is 3.35. The minimum atomic E-state index is -0.427. The lowest BCUT2D eigenvalue weighted by molar-refractivity contribution is 0.0607. The van der Waals surface area contributed by atoms with Crippen LogP contribution in [0.3, 0.4) is 0 Å². The van der Waals surface area contributed by atoms with Crippen LogP contribution in [0.5, 0.6) is 0 Å². The maximum atomic E-state index is 12.9. The van der Waals surface area contributed by atoms with Crippen LogP contribution in [-0.2, 0) is 0 Å². The number of thiazole rings is 1. The van der Waals surface area contributed by atoms with Gasteiger partial charge in [-0.2, -0.15) is 0 Å². The van der Waals surface area contributed by atoms with Crippen molar-refractivity contribution in [2.24, 2.45) is 0 Å². The number of hydrogen-bond acceptors (Lipinski definition) is 7. The summed E-state index contributed by atoms with van der Waals surface area (Å²) < 4.78 is 0.794. The van der Waals surface area contributed by atoms with E-state index in [1.54, 1.807) is 26.0 Å². The maximum absolute atomic E-state index is 12.9. The van der Waals surface area contributed by atoms with Crippen LogP contribution in [0, 0.1) is 0 Å². The number of anilines is 1. The highest BCUT2D eigenvalue weighted by atomic mass is 32.1. The van der Waals surface area contributed by atoms with E-state index >= 15 is 0 Å². The number of rotatable bonds is 4. The predicted octanol–water partition coefficient (Wildman–Crippen LogP) is 2.94. The van der Waals surface area contributed by atoms with E-state index in [2.05, 4.69) is 15.2 Å². The highest BCUT2D eigenvalue weighted by molar-refractivity contribution is 7.22. The number of fused-ring (bicyclic) bond motifs is 2. The molecule has 0 radical (unpaired) electrons. The van der Waals surface area contributed by atoms with E-state index in [4.69, 9.17) is 0 Å². The molecule has 1 aromatic heterocycles. The van der Waals surface area contributed by atoms with E-state index in [1.165, 1.54) is 34.4 Å². The number of piperazine rings is 1. The molecule has 1 fully saturated rings. The van der Waals surface area contributed by atoms with E-state index < -0.39 is 11.8 Å². The molecule has 9 nitrogen and oxygen atoms in total. The van der Waals surface area contributed by atoms with Crippen molar-refractivity contribution in [3.63, 3.8) is 0 Å². The molecule has 5 rings (SSSR count). The second-order valence-electron chi connectivity index (χ2n) is 9.09. The van der Waals surface area contributed by atoms with Gasteiger partial charge in [0.05, 0.1) is 21.3 Å². The lowest BCUT2D eigenvalue weighted by Crippen LogP contribution is -2.47. The second-order valence-corrected chi connectivity index (χ2v) is 10.1. The summed E-state index contributed by atoms with van der Waals surface area (Å²) in [6, 6.07) is 9.58. The molecule has 3 aromatic rings. The van der Waals surface area contributed by atoms with Gasteiger partial charge in [-0.15, -0.1) is 0 Å². The van der Waals surface area contributed by atoms with Gasteiger partial charge in [0, 0.05) is 43.3 Å². The largest absolute Gasteiger partial charge is 0.336 e.